The van der Waals surface area contributed by atoms with E-state index in [1.165, 1.54) is 5.56 Å². The van der Waals surface area contributed by atoms with Crippen LogP contribution in [0, 0.1) is 13.8 Å². The molecular weight excluding hydrogens is 314 g/mol. The number of benzene rings is 2. The third kappa shape index (κ3) is 4.38. The summed E-state index contributed by atoms with van der Waals surface area (Å²) in [6.45, 7) is 5.26. The molecule has 1 saturated heterocycles. The normalized spacial score (nSPS) is 16.8. The van der Waals surface area contributed by atoms with E-state index in [4.69, 9.17) is 0 Å². The first kappa shape index (κ1) is 17.0. The second kappa shape index (κ2) is 7.38. The average Bonchev–Trinajstić information content (AvgIpc) is 2.92. The van der Waals surface area contributed by atoms with E-state index >= 15 is 0 Å². The van der Waals surface area contributed by atoms with Crippen LogP contribution in [0.1, 0.15) is 23.1 Å². The van der Waals surface area contributed by atoms with Crippen LogP contribution >= 0.6 is 0 Å². The van der Waals surface area contributed by atoms with Crippen LogP contribution in [-0.2, 0) is 11.3 Å². The van der Waals surface area contributed by atoms with Crippen molar-refractivity contribution in [1.29, 1.82) is 0 Å². The number of hydrogen-bond donors (Lipinski definition) is 2. The van der Waals surface area contributed by atoms with Gasteiger partial charge in [-0.05, 0) is 38.0 Å². The van der Waals surface area contributed by atoms with E-state index in [-0.39, 0.29) is 11.9 Å². The zero-order valence-corrected chi connectivity index (χ0v) is 14.6. The molecule has 0 aromatic heterocycles. The van der Waals surface area contributed by atoms with Crippen molar-refractivity contribution in [3.8, 4) is 0 Å². The Morgan fingerprint density at radius 1 is 1.04 bits per heavy atom. The number of nitrogens with one attached hydrogen (secondary N) is 2. The van der Waals surface area contributed by atoms with E-state index in [1.807, 2.05) is 62.4 Å². The van der Waals surface area contributed by atoms with Gasteiger partial charge in [0, 0.05) is 18.8 Å². The molecule has 0 bridgehead atoms. The molecular formula is C20H23N3O2. The third-order valence-electron chi connectivity index (χ3n) is 4.41. The van der Waals surface area contributed by atoms with Crippen molar-refractivity contribution in [2.45, 2.75) is 32.9 Å². The quantitative estimate of drug-likeness (QED) is 0.900. The molecule has 1 fully saturated rings. The van der Waals surface area contributed by atoms with Crippen molar-refractivity contribution >= 4 is 17.6 Å². The van der Waals surface area contributed by atoms with Gasteiger partial charge in [-0.25, -0.2) is 4.79 Å². The molecule has 0 spiro atoms. The molecule has 2 aromatic rings. The molecule has 1 aliphatic heterocycles. The Bertz CT molecular complexity index is 754. The van der Waals surface area contributed by atoms with E-state index in [9.17, 15) is 9.59 Å². The van der Waals surface area contributed by atoms with Gasteiger partial charge in [-0.3, -0.25) is 4.79 Å². The van der Waals surface area contributed by atoms with Gasteiger partial charge in [0.1, 0.15) is 6.04 Å². The molecule has 5 nitrogen and oxygen atoms in total. The summed E-state index contributed by atoms with van der Waals surface area (Å²) >= 11 is 0. The van der Waals surface area contributed by atoms with Crippen LogP contribution in [0.3, 0.4) is 0 Å². The molecule has 3 rings (SSSR count). The predicted octanol–water partition coefficient (Wildman–Crippen LogP) is 3.23. The number of likely N-dealkylation sites (tertiary alicyclic amines) is 1. The largest absolute Gasteiger partial charge is 0.336 e. The highest BCUT2D eigenvalue weighted by Gasteiger charge is 2.32. The van der Waals surface area contributed by atoms with Gasteiger partial charge >= 0.3 is 6.03 Å². The molecule has 1 aliphatic rings. The van der Waals surface area contributed by atoms with Crippen LogP contribution in [0.5, 0.6) is 0 Å². The lowest BCUT2D eigenvalue weighted by Gasteiger charge is -2.17. The lowest BCUT2D eigenvalue weighted by Crippen LogP contribution is -2.43. The fourth-order valence-corrected chi connectivity index (χ4v) is 2.91. The molecule has 3 amide bonds. The molecule has 0 saturated carbocycles. The Morgan fingerprint density at radius 3 is 2.28 bits per heavy atom. The van der Waals surface area contributed by atoms with Crippen molar-refractivity contribution in [2.24, 2.45) is 0 Å². The maximum Gasteiger partial charge on any atom is 0.319 e. The summed E-state index contributed by atoms with van der Waals surface area (Å²) in [7, 11) is 0. The Morgan fingerprint density at radius 2 is 1.64 bits per heavy atom. The SMILES string of the molecule is Cc1ccc(CN2CC[C@H](NC(=O)Nc3ccc(C)cc3)C2=O)cc1. The number of urea groups is 1. The van der Waals surface area contributed by atoms with Gasteiger partial charge in [0.05, 0.1) is 0 Å². The van der Waals surface area contributed by atoms with Crippen LogP contribution in [-0.4, -0.2) is 29.4 Å². The maximum atomic E-state index is 12.5. The Balaban J connectivity index is 1.53. The predicted molar refractivity (Wildman–Crippen MR) is 98.3 cm³/mol. The molecule has 1 heterocycles. The number of anilines is 1. The smallest absolute Gasteiger partial charge is 0.319 e. The van der Waals surface area contributed by atoms with Crippen LogP contribution in [0.4, 0.5) is 10.5 Å². The zero-order chi connectivity index (χ0) is 17.8. The minimum atomic E-state index is -0.462. The Kier molecular flexibility index (Phi) is 5.03. The highest BCUT2D eigenvalue weighted by Crippen LogP contribution is 2.16. The van der Waals surface area contributed by atoms with Gasteiger partial charge < -0.3 is 15.5 Å². The fourth-order valence-electron chi connectivity index (χ4n) is 2.91. The van der Waals surface area contributed by atoms with Crippen LogP contribution in [0.15, 0.2) is 48.5 Å². The highest BCUT2D eigenvalue weighted by atomic mass is 16.2. The van der Waals surface area contributed by atoms with Crippen molar-refractivity contribution in [3.05, 3.63) is 65.2 Å². The fraction of sp³-hybridized carbons (Fsp3) is 0.300. The van der Waals surface area contributed by atoms with Crippen molar-refractivity contribution in [2.75, 3.05) is 11.9 Å². The molecule has 0 aliphatic carbocycles. The molecule has 130 valence electrons. The molecule has 1 atom stereocenters. The number of aryl methyl sites for hydroxylation is 2. The standard InChI is InChI=1S/C20H23N3O2/c1-14-3-7-16(8-4-14)13-23-12-11-18(19(23)24)22-20(25)21-17-9-5-15(2)6-10-17/h3-10,18H,11-13H2,1-2H3,(H2,21,22,25)/t18-/m0/s1. The molecule has 25 heavy (non-hydrogen) atoms. The van der Waals surface area contributed by atoms with Crippen molar-refractivity contribution < 1.29 is 9.59 Å². The van der Waals surface area contributed by atoms with Crippen LogP contribution < -0.4 is 10.6 Å². The third-order valence-corrected chi connectivity index (χ3v) is 4.41. The number of rotatable bonds is 4. The second-order valence-electron chi connectivity index (χ2n) is 6.55. The minimum Gasteiger partial charge on any atom is -0.336 e. The second-order valence-corrected chi connectivity index (χ2v) is 6.55. The number of hydrogen-bond acceptors (Lipinski definition) is 2. The van der Waals surface area contributed by atoms with E-state index in [2.05, 4.69) is 10.6 Å². The molecule has 2 aromatic carbocycles. The van der Waals surface area contributed by atoms with Gasteiger partial charge in [-0.1, -0.05) is 47.5 Å². The Labute approximate surface area is 148 Å². The first-order chi connectivity index (χ1) is 12.0. The minimum absolute atomic E-state index is 0.0281. The Hall–Kier alpha value is -2.82. The monoisotopic (exact) mass is 337 g/mol. The number of carbonyl (C=O) groups excluding carboxylic acids is 2. The van der Waals surface area contributed by atoms with Gasteiger partial charge in [0.25, 0.3) is 0 Å². The van der Waals surface area contributed by atoms with Crippen LogP contribution in [0.25, 0.3) is 0 Å². The van der Waals surface area contributed by atoms with E-state index < -0.39 is 6.04 Å². The van der Waals surface area contributed by atoms with Gasteiger partial charge in [0.2, 0.25) is 5.91 Å². The lowest BCUT2D eigenvalue weighted by atomic mass is 10.1. The van der Waals surface area contributed by atoms with Crippen LogP contribution in [0.2, 0.25) is 0 Å². The molecule has 0 radical (unpaired) electrons. The van der Waals surface area contributed by atoms with Crippen molar-refractivity contribution in [1.82, 2.24) is 10.2 Å². The maximum absolute atomic E-state index is 12.5. The zero-order valence-electron chi connectivity index (χ0n) is 14.6. The summed E-state index contributed by atoms with van der Waals surface area (Å²) < 4.78 is 0. The lowest BCUT2D eigenvalue weighted by molar-refractivity contribution is -0.129. The van der Waals surface area contributed by atoms with E-state index in [0.29, 0.717) is 25.2 Å². The summed E-state index contributed by atoms with van der Waals surface area (Å²) in [5, 5.41) is 5.54. The van der Waals surface area contributed by atoms with Gasteiger partial charge in [-0.2, -0.15) is 0 Å². The number of carbonyl (C=O) groups is 2. The first-order valence-corrected chi connectivity index (χ1v) is 8.50. The average molecular weight is 337 g/mol. The van der Waals surface area contributed by atoms with Gasteiger partial charge in [-0.15, -0.1) is 0 Å². The first-order valence-electron chi connectivity index (χ1n) is 8.50. The van der Waals surface area contributed by atoms with E-state index in [0.717, 1.165) is 11.1 Å². The molecule has 2 N–H and O–H groups in total. The summed E-state index contributed by atoms with van der Waals surface area (Å²) in [4.78, 5) is 26.4. The number of nitrogens with zero attached hydrogens (tertiary/aromatic N) is 1. The molecule has 5 heteroatoms. The number of amides is 3. The molecule has 0 unspecified atom stereocenters. The topological polar surface area (TPSA) is 61.4 Å². The van der Waals surface area contributed by atoms with E-state index in [1.54, 1.807) is 4.90 Å². The summed E-state index contributed by atoms with van der Waals surface area (Å²) in [6.07, 6.45) is 0.631. The summed E-state index contributed by atoms with van der Waals surface area (Å²) in [5.74, 6) is -0.0281. The summed E-state index contributed by atoms with van der Waals surface area (Å²) in [5.41, 5.74) is 4.14. The van der Waals surface area contributed by atoms with Gasteiger partial charge in [0.15, 0.2) is 0 Å². The van der Waals surface area contributed by atoms with Crippen molar-refractivity contribution in [3.63, 3.8) is 0 Å². The summed E-state index contributed by atoms with van der Waals surface area (Å²) in [6, 6.07) is 14.9. The highest BCUT2D eigenvalue weighted by molar-refractivity contribution is 5.94.